The zero-order chi connectivity index (χ0) is 14.2. The van der Waals surface area contributed by atoms with Crippen LogP contribution < -0.4 is 0 Å². The van der Waals surface area contributed by atoms with Crippen molar-refractivity contribution in [1.29, 1.82) is 0 Å². The van der Waals surface area contributed by atoms with E-state index in [4.69, 9.17) is 23.2 Å². The van der Waals surface area contributed by atoms with Crippen LogP contribution in [0.4, 0.5) is 0 Å². The minimum absolute atomic E-state index is 0.0578. The summed E-state index contributed by atoms with van der Waals surface area (Å²) in [7, 11) is 0. The van der Waals surface area contributed by atoms with Gasteiger partial charge in [-0.25, -0.2) is 0 Å². The van der Waals surface area contributed by atoms with Crippen molar-refractivity contribution in [3.63, 3.8) is 0 Å². The molecule has 2 rings (SSSR count). The highest BCUT2D eigenvalue weighted by Crippen LogP contribution is 2.43. The molecule has 0 aliphatic heterocycles. The maximum Gasteiger partial charge on any atom is 0.137 e. The van der Waals surface area contributed by atoms with Gasteiger partial charge in [0.2, 0.25) is 0 Å². The van der Waals surface area contributed by atoms with Crippen LogP contribution in [0.1, 0.15) is 45.6 Å². The second-order valence-corrected chi connectivity index (χ2v) is 7.10. The van der Waals surface area contributed by atoms with Crippen molar-refractivity contribution in [2.24, 2.45) is 11.8 Å². The number of rotatable bonds is 2. The van der Waals surface area contributed by atoms with Crippen LogP contribution in [0, 0.1) is 11.8 Å². The summed E-state index contributed by atoms with van der Waals surface area (Å²) in [6.07, 6.45) is 2.76. The Balaban J connectivity index is 2.33. The van der Waals surface area contributed by atoms with E-state index in [9.17, 15) is 4.79 Å². The van der Waals surface area contributed by atoms with Crippen LogP contribution in [-0.2, 0) is 10.2 Å². The molecule has 1 aromatic rings. The van der Waals surface area contributed by atoms with Crippen LogP contribution in [0.15, 0.2) is 18.2 Å². The highest BCUT2D eigenvalue weighted by Gasteiger charge is 2.40. The zero-order valence-corrected chi connectivity index (χ0v) is 13.2. The molecule has 1 nitrogen and oxygen atoms in total. The Hall–Kier alpha value is -0.530. The number of Topliss-reactive ketones (excluding diaryl/α,β-unsaturated/α-hetero) is 1. The number of halogens is 2. The molecule has 0 spiro atoms. The van der Waals surface area contributed by atoms with Crippen LogP contribution >= 0.6 is 23.2 Å². The average molecular weight is 299 g/mol. The van der Waals surface area contributed by atoms with Gasteiger partial charge in [-0.1, -0.05) is 50.0 Å². The van der Waals surface area contributed by atoms with Gasteiger partial charge in [0, 0.05) is 27.8 Å². The number of carbonyl (C=O) groups is 1. The van der Waals surface area contributed by atoms with Crippen LogP contribution in [0.2, 0.25) is 10.0 Å². The number of ketones is 1. The SMILES string of the molecule is CC1CCC(C(C)(C)c2ccc(Cl)cc2Cl)C(=O)C1. The molecule has 0 aromatic heterocycles. The van der Waals surface area contributed by atoms with Crippen molar-refractivity contribution in [3.05, 3.63) is 33.8 Å². The summed E-state index contributed by atoms with van der Waals surface area (Å²) in [6, 6.07) is 5.56. The molecule has 0 heterocycles. The first-order valence-corrected chi connectivity index (χ1v) is 7.56. The highest BCUT2D eigenvalue weighted by atomic mass is 35.5. The van der Waals surface area contributed by atoms with E-state index >= 15 is 0 Å². The quantitative estimate of drug-likeness (QED) is 0.726. The van der Waals surface area contributed by atoms with Crippen molar-refractivity contribution in [2.75, 3.05) is 0 Å². The predicted molar refractivity (Wildman–Crippen MR) is 81.0 cm³/mol. The molecule has 0 bridgehead atoms. The summed E-state index contributed by atoms with van der Waals surface area (Å²) in [6.45, 7) is 6.37. The second-order valence-electron chi connectivity index (χ2n) is 6.25. The van der Waals surface area contributed by atoms with E-state index in [1.165, 1.54) is 0 Å². The lowest BCUT2D eigenvalue weighted by Gasteiger charge is -2.38. The maximum atomic E-state index is 12.3. The Kier molecular flexibility index (Phi) is 4.27. The van der Waals surface area contributed by atoms with Crippen molar-refractivity contribution in [1.82, 2.24) is 0 Å². The molecular formula is C16H20Cl2O. The van der Waals surface area contributed by atoms with Gasteiger partial charge in [-0.15, -0.1) is 0 Å². The molecule has 0 saturated heterocycles. The highest BCUT2D eigenvalue weighted by molar-refractivity contribution is 6.35. The Bertz CT molecular complexity index is 494. The fourth-order valence-corrected chi connectivity index (χ4v) is 3.82. The monoisotopic (exact) mass is 298 g/mol. The Labute approximate surface area is 125 Å². The molecule has 104 valence electrons. The smallest absolute Gasteiger partial charge is 0.137 e. The lowest BCUT2D eigenvalue weighted by atomic mass is 9.65. The summed E-state index contributed by atoms with van der Waals surface area (Å²) < 4.78 is 0. The average Bonchev–Trinajstić information content (AvgIpc) is 2.27. The van der Waals surface area contributed by atoms with E-state index in [2.05, 4.69) is 20.8 Å². The lowest BCUT2D eigenvalue weighted by Crippen LogP contribution is -2.38. The normalized spacial score (nSPS) is 24.6. The first-order chi connectivity index (χ1) is 8.82. The Morgan fingerprint density at radius 3 is 2.47 bits per heavy atom. The molecule has 1 fully saturated rings. The number of hydrogen-bond donors (Lipinski definition) is 0. The van der Waals surface area contributed by atoms with Gasteiger partial charge < -0.3 is 0 Å². The van der Waals surface area contributed by atoms with E-state index in [0.29, 0.717) is 28.2 Å². The van der Waals surface area contributed by atoms with Crippen molar-refractivity contribution in [3.8, 4) is 0 Å². The third kappa shape index (κ3) is 2.98. The second kappa shape index (κ2) is 5.46. The summed E-state index contributed by atoms with van der Waals surface area (Å²) in [4.78, 5) is 12.3. The summed E-state index contributed by atoms with van der Waals surface area (Å²) in [5.74, 6) is 0.942. The van der Waals surface area contributed by atoms with Crippen LogP contribution in [0.3, 0.4) is 0 Å². The zero-order valence-electron chi connectivity index (χ0n) is 11.7. The first kappa shape index (κ1) is 14.9. The summed E-state index contributed by atoms with van der Waals surface area (Å²) in [5.41, 5.74) is 0.783. The number of benzene rings is 1. The minimum Gasteiger partial charge on any atom is -0.299 e. The molecule has 1 aliphatic rings. The third-order valence-electron chi connectivity index (χ3n) is 4.38. The van der Waals surface area contributed by atoms with Crippen molar-refractivity contribution >= 4 is 29.0 Å². The molecule has 0 amide bonds. The molecule has 3 heteroatoms. The van der Waals surface area contributed by atoms with E-state index in [1.807, 2.05) is 12.1 Å². The van der Waals surface area contributed by atoms with Crippen molar-refractivity contribution < 1.29 is 4.79 Å². The van der Waals surface area contributed by atoms with Gasteiger partial charge in [0.15, 0.2) is 0 Å². The van der Waals surface area contributed by atoms with Gasteiger partial charge >= 0.3 is 0 Å². The minimum atomic E-state index is -0.237. The van der Waals surface area contributed by atoms with Crippen LogP contribution in [0.25, 0.3) is 0 Å². The topological polar surface area (TPSA) is 17.1 Å². The molecule has 0 N–H and O–H groups in total. The van der Waals surface area contributed by atoms with E-state index in [-0.39, 0.29) is 11.3 Å². The van der Waals surface area contributed by atoms with Gasteiger partial charge in [0.05, 0.1) is 0 Å². The lowest BCUT2D eigenvalue weighted by molar-refractivity contribution is -0.128. The standard InChI is InChI=1S/C16H20Cl2O/c1-10-4-6-13(15(19)8-10)16(2,3)12-7-5-11(17)9-14(12)18/h5,7,9-10,13H,4,6,8H2,1-3H3. The molecule has 1 saturated carbocycles. The first-order valence-electron chi connectivity index (χ1n) is 6.80. The molecule has 2 atom stereocenters. The molecule has 1 aliphatic carbocycles. The fraction of sp³-hybridized carbons (Fsp3) is 0.562. The number of hydrogen-bond acceptors (Lipinski definition) is 1. The van der Waals surface area contributed by atoms with Crippen LogP contribution in [-0.4, -0.2) is 5.78 Å². The Morgan fingerprint density at radius 1 is 1.21 bits per heavy atom. The maximum absolute atomic E-state index is 12.3. The Morgan fingerprint density at radius 2 is 1.89 bits per heavy atom. The third-order valence-corrected chi connectivity index (χ3v) is 4.93. The van der Waals surface area contributed by atoms with E-state index < -0.39 is 0 Å². The van der Waals surface area contributed by atoms with Gasteiger partial charge in [0.1, 0.15) is 5.78 Å². The molecule has 2 unspecified atom stereocenters. The number of carbonyl (C=O) groups excluding carboxylic acids is 1. The predicted octanol–water partition coefficient (Wildman–Crippen LogP) is 5.28. The van der Waals surface area contributed by atoms with Gasteiger partial charge in [-0.2, -0.15) is 0 Å². The molecule has 1 aromatic carbocycles. The van der Waals surface area contributed by atoms with Gasteiger partial charge in [-0.3, -0.25) is 4.79 Å². The van der Waals surface area contributed by atoms with Crippen molar-refractivity contribution in [2.45, 2.75) is 45.4 Å². The largest absolute Gasteiger partial charge is 0.299 e. The van der Waals surface area contributed by atoms with E-state index in [1.54, 1.807) is 6.07 Å². The molecular weight excluding hydrogens is 279 g/mol. The summed E-state index contributed by atoms with van der Waals surface area (Å²) in [5, 5.41) is 1.29. The van der Waals surface area contributed by atoms with Gasteiger partial charge in [-0.05, 0) is 36.5 Å². The fourth-order valence-electron chi connectivity index (χ4n) is 3.16. The van der Waals surface area contributed by atoms with E-state index in [0.717, 1.165) is 18.4 Å². The van der Waals surface area contributed by atoms with Gasteiger partial charge in [0.25, 0.3) is 0 Å². The summed E-state index contributed by atoms with van der Waals surface area (Å²) >= 11 is 12.3. The molecule has 19 heavy (non-hydrogen) atoms. The molecule has 0 radical (unpaired) electrons. The van der Waals surface area contributed by atoms with Crippen LogP contribution in [0.5, 0.6) is 0 Å².